The van der Waals surface area contributed by atoms with Gasteiger partial charge in [0.05, 0.1) is 0 Å². The van der Waals surface area contributed by atoms with Gasteiger partial charge in [-0.05, 0) is 12.5 Å². The summed E-state index contributed by atoms with van der Waals surface area (Å²) in [7, 11) is -0.552. The van der Waals surface area contributed by atoms with Gasteiger partial charge in [0, 0.05) is 35.4 Å². The molecule has 0 saturated carbocycles. The summed E-state index contributed by atoms with van der Waals surface area (Å²) < 4.78 is 11.2. The summed E-state index contributed by atoms with van der Waals surface area (Å²) in [6.45, 7) is 7.60. The van der Waals surface area contributed by atoms with Crippen LogP contribution in [0.15, 0.2) is 0 Å². The molecule has 0 N–H and O–H groups in total. The molecule has 0 amide bonds. The lowest BCUT2D eigenvalue weighted by molar-refractivity contribution is 0.278. The maximum atomic E-state index is 11.2. The lowest BCUT2D eigenvalue weighted by atomic mass is 10.2. The Kier molecular flexibility index (Phi) is 3.52. The van der Waals surface area contributed by atoms with Gasteiger partial charge in [-0.15, -0.1) is 0 Å². The van der Waals surface area contributed by atoms with Crippen LogP contribution in [0.25, 0.3) is 0 Å². The molecule has 1 aliphatic rings. The van der Waals surface area contributed by atoms with Crippen molar-refractivity contribution in [2.45, 2.75) is 13.8 Å². The lowest BCUT2D eigenvalue weighted by Gasteiger charge is -2.18. The summed E-state index contributed by atoms with van der Waals surface area (Å²) in [4.78, 5) is 2.38. The Morgan fingerprint density at radius 2 is 2.36 bits per heavy atom. The predicted octanol–water partition coefficient (Wildman–Crippen LogP) is 0.707. The van der Waals surface area contributed by atoms with Crippen LogP contribution in [0, 0.1) is 5.92 Å². The van der Waals surface area contributed by atoms with Crippen LogP contribution in [0.2, 0.25) is 0 Å². The minimum absolute atomic E-state index is 0.552. The Hall–Kier alpha value is 0.110. The van der Waals surface area contributed by atoms with E-state index in [2.05, 4.69) is 18.7 Å². The fourth-order valence-corrected chi connectivity index (χ4v) is 2.87. The second-order valence-electron chi connectivity index (χ2n) is 3.31. The Balaban J connectivity index is 2.46. The van der Waals surface area contributed by atoms with Crippen molar-refractivity contribution in [1.29, 1.82) is 0 Å². The molecule has 0 aliphatic carbocycles. The van der Waals surface area contributed by atoms with E-state index in [1.807, 2.05) is 0 Å². The fraction of sp³-hybridized carbons (Fsp3) is 1.00. The van der Waals surface area contributed by atoms with Crippen LogP contribution in [-0.4, -0.2) is 40.2 Å². The van der Waals surface area contributed by atoms with Crippen LogP contribution in [0.1, 0.15) is 13.8 Å². The molecule has 1 rings (SSSR count). The van der Waals surface area contributed by atoms with E-state index in [0.29, 0.717) is 5.92 Å². The minimum atomic E-state index is -0.552. The van der Waals surface area contributed by atoms with Crippen molar-refractivity contribution < 1.29 is 4.21 Å². The SMILES string of the molecule is CCN1CCS(=O)CC(C)C1. The van der Waals surface area contributed by atoms with Gasteiger partial charge in [-0.2, -0.15) is 0 Å². The molecule has 0 aromatic rings. The maximum absolute atomic E-state index is 11.2. The summed E-state index contributed by atoms with van der Waals surface area (Å²) >= 11 is 0. The van der Waals surface area contributed by atoms with Gasteiger partial charge in [0.2, 0.25) is 0 Å². The highest BCUT2D eigenvalue weighted by atomic mass is 32.2. The van der Waals surface area contributed by atoms with E-state index in [0.717, 1.165) is 31.1 Å². The largest absolute Gasteiger partial charge is 0.302 e. The molecule has 2 unspecified atom stereocenters. The zero-order valence-electron chi connectivity index (χ0n) is 7.38. The summed E-state index contributed by atoms with van der Waals surface area (Å²) in [5.74, 6) is 2.38. The average Bonchev–Trinajstić information content (AvgIpc) is 2.11. The third-order valence-corrected chi connectivity index (χ3v) is 3.70. The smallest absolute Gasteiger partial charge is 0.0362 e. The predicted molar refractivity (Wildman–Crippen MR) is 49.2 cm³/mol. The summed E-state index contributed by atoms with van der Waals surface area (Å²) in [5.41, 5.74) is 0. The van der Waals surface area contributed by atoms with Crippen molar-refractivity contribution >= 4 is 10.8 Å². The second kappa shape index (κ2) is 4.21. The maximum Gasteiger partial charge on any atom is 0.0362 e. The zero-order valence-corrected chi connectivity index (χ0v) is 8.19. The Morgan fingerprint density at radius 3 is 3.00 bits per heavy atom. The molecule has 1 aliphatic heterocycles. The standard InChI is InChI=1S/C8H17NOS/c1-3-9-4-5-11(10)7-8(2)6-9/h8H,3-7H2,1-2H3. The highest BCUT2D eigenvalue weighted by Gasteiger charge is 2.16. The monoisotopic (exact) mass is 175 g/mol. The van der Waals surface area contributed by atoms with Crippen LogP contribution >= 0.6 is 0 Å². The van der Waals surface area contributed by atoms with E-state index < -0.39 is 10.8 Å². The molecule has 0 aromatic carbocycles. The normalized spacial score (nSPS) is 35.1. The summed E-state index contributed by atoms with van der Waals surface area (Å²) in [5, 5.41) is 0. The first kappa shape index (κ1) is 9.20. The van der Waals surface area contributed by atoms with Crippen molar-refractivity contribution in [3.05, 3.63) is 0 Å². The van der Waals surface area contributed by atoms with Gasteiger partial charge in [0.1, 0.15) is 0 Å². The van der Waals surface area contributed by atoms with E-state index in [1.165, 1.54) is 0 Å². The molecule has 1 saturated heterocycles. The fourth-order valence-electron chi connectivity index (χ4n) is 1.50. The molecule has 0 bridgehead atoms. The van der Waals surface area contributed by atoms with E-state index in [9.17, 15) is 4.21 Å². The van der Waals surface area contributed by atoms with Crippen molar-refractivity contribution in [1.82, 2.24) is 4.90 Å². The molecule has 3 heteroatoms. The first-order valence-corrected chi connectivity index (χ1v) is 5.78. The van der Waals surface area contributed by atoms with Gasteiger partial charge < -0.3 is 4.90 Å². The highest BCUT2D eigenvalue weighted by Crippen LogP contribution is 2.07. The van der Waals surface area contributed by atoms with Gasteiger partial charge in [-0.25, -0.2) is 0 Å². The van der Waals surface area contributed by atoms with Crippen LogP contribution in [0.4, 0.5) is 0 Å². The van der Waals surface area contributed by atoms with Crippen molar-refractivity contribution in [3.63, 3.8) is 0 Å². The molecular weight excluding hydrogens is 158 g/mol. The van der Waals surface area contributed by atoms with E-state index in [1.54, 1.807) is 0 Å². The topological polar surface area (TPSA) is 20.3 Å². The summed E-state index contributed by atoms with van der Waals surface area (Å²) in [6, 6.07) is 0. The molecule has 11 heavy (non-hydrogen) atoms. The van der Waals surface area contributed by atoms with Crippen LogP contribution < -0.4 is 0 Å². The minimum Gasteiger partial charge on any atom is -0.302 e. The number of nitrogens with zero attached hydrogens (tertiary/aromatic N) is 1. The van der Waals surface area contributed by atoms with E-state index >= 15 is 0 Å². The van der Waals surface area contributed by atoms with E-state index in [4.69, 9.17) is 0 Å². The van der Waals surface area contributed by atoms with Crippen molar-refractivity contribution in [2.24, 2.45) is 5.92 Å². The molecule has 0 radical (unpaired) electrons. The van der Waals surface area contributed by atoms with Gasteiger partial charge in [-0.1, -0.05) is 13.8 Å². The average molecular weight is 175 g/mol. The third kappa shape index (κ3) is 2.91. The molecule has 0 aromatic heterocycles. The first-order chi connectivity index (χ1) is 5.22. The molecule has 2 atom stereocenters. The summed E-state index contributed by atoms with van der Waals surface area (Å²) in [6.07, 6.45) is 0. The van der Waals surface area contributed by atoms with Gasteiger partial charge in [0.15, 0.2) is 0 Å². The first-order valence-electron chi connectivity index (χ1n) is 4.29. The second-order valence-corrected chi connectivity index (χ2v) is 4.93. The van der Waals surface area contributed by atoms with Crippen LogP contribution in [0.3, 0.4) is 0 Å². The Labute approximate surface area is 71.4 Å². The van der Waals surface area contributed by atoms with Crippen LogP contribution in [0.5, 0.6) is 0 Å². The molecule has 0 spiro atoms. The number of rotatable bonds is 1. The Morgan fingerprint density at radius 1 is 1.64 bits per heavy atom. The van der Waals surface area contributed by atoms with E-state index in [-0.39, 0.29) is 0 Å². The quantitative estimate of drug-likeness (QED) is 0.585. The molecule has 1 heterocycles. The number of hydrogen-bond donors (Lipinski definition) is 0. The molecule has 1 fully saturated rings. The van der Waals surface area contributed by atoms with Crippen LogP contribution in [-0.2, 0) is 10.8 Å². The molecular formula is C8H17NOS. The molecule has 66 valence electrons. The zero-order chi connectivity index (χ0) is 8.27. The van der Waals surface area contributed by atoms with Gasteiger partial charge in [-0.3, -0.25) is 4.21 Å². The third-order valence-electron chi connectivity index (χ3n) is 2.12. The Bertz CT molecular complexity index is 149. The van der Waals surface area contributed by atoms with Gasteiger partial charge in [0.25, 0.3) is 0 Å². The highest BCUT2D eigenvalue weighted by molar-refractivity contribution is 7.85. The van der Waals surface area contributed by atoms with Crippen molar-refractivity contribution in [3.8, 4) is 0 Å². The lowest BCUT2D eigenvalue weighted by Crippen LogP contribution is -2.28. The number of hydrogen-bond acceptors (Lipinski definition) is 2. The molecule has 2 nitrogen and oxygen atoms in total. The van der Waals surface area contributed by atoms with Crippen molar-refractivity contribution in [2.75, 3.05) is 31.1 Å². The van der Waals surface area contributed by atoms with Gasteiger partial charge >= 0.3 is 0 Å².